The van der Waals surface area contributed by atoms with Gasteiger partial charge in [0.25, 0.3) is 11.5 Å². The third-order valence-corrected chi connectivity index (χ3v) is 7.36. The Morgan fingerprint density at radius 1 is 1.08 bits per heavy atom. The van der Waals surface area contributed by atoms with Gasteiger partial charge >= 0.3 is 12.5 Å². The molecular weight excluding hydrogens is 550 g/mol. The van der Waals surface area contributed by atoms with Gasteiger partial charge in [-0.15, -0.1) is 13.2 Å². The number of anilines is 1. The molecule has 0 fully saturated rings. The Balaban J connectivity index is 1.52. The van der Waals surface area contributed by atoms with E-state index in [-0.39, 0.29) is 36.6 Å². The molecule has 4 rings (SSSR count). The molecule has 2 aromatic carbocycles. The minimum Gasteiger partial charge on any atom is -0.406 e. The Morgan fingerprint density at radius 2 is 1.72 bits per heavy atom. The van der Waals surface area contributed by atoms with Crippen molar-refractivity contribution in [3.05, 3.63) is 81.3 Å². The number of aliphatic hydroxyl groups is 1. The van der Waals surface area contributed by atoms with E-state index in [2.05, 4.69) is 14.7 Å². The number of hydrogen-bond acceptors (Lipinski definition) is 6. The highest BCUT2D eigenvalue weighted by molar-refractivity contribution is 6.56. The first-order valence-corrected chi connectivity index (χ1v) is 13.0. The average Bonchev–Trinajstić information content (AvgIpc) is 2.86. The van der Waals surface area contributed by atoms with E-state index < -0.39 is 51.2 Å². The molecule has 2 N–H and O–H groups in total. The van der Waals surface area contributed by atoms with Crippen LogP contribution in [0, 0.1) is 0 Å². The molecule has 1 unspecified atom stereocenters. The minimum atomic E-state index is -4.87. The summed E-state index contributed by atoms with van der Waals surface area (Å²) < 4.78 is 80.4. The second-order valence-corrected chi connectivity index (χ2v) is 10.3. The second kappa shape index (κ2) is 10.7. The minimum absolute atomic E-state index is 0.0698. The van der Waals surface area contributed by atoms with Gasteiger partial charge in [0, 0.05) is 18.5 Å². The van der Waals surface area contributed by atoms with E-state index in [1.165, 1.54) is 36.1 Å². The van der Waals surface area contributed by atoms with Crippen molar-refractivity contribution in [1.29, 1.82) is 0 Å². The van der Waals surface area contributed by atoms with Gasteiger partial charge in [-0.25, -0.2) is 4.98 Å². The van der Waals surface area contributed by atoms with Crippen LogP contribution in [0.25, 0.3) is 0 Å². The van der Waals surface area contributed by atoms with Crippen molar-refractivity contribution in [2.24, 2.45) is 0 Å². The largest absolute Gasteiger partial charge is 0.573 e. The summed E-state index contributed by atoms with van der Waals surface area (Å²) in [4.78, 5) is 35.1. The maximum absolute atomic E-state index is 13.3. The first kappa shape index (κ1) is 28.2. The third kappa shape index (κ3) is 6.60. The number of carbonyl (C=O) groups is 1. The summed E-state index contributed by atoms with van der Waals surface area (Å²) in [5.41, 5.74) is -0.700. The van der Waals surface area contributed by atoms with Crippen molar-refractivity contribution in [2.75, 3.05) is 11.5 Å². The van der Waals surface area contributed by atoms with E-state index in [1.54, 1.807) is 0 Å². The number of carbonyl (C=O) groups excluding carboxylic acids is 1. The Morgan fingerprint density at radius 3 is 2.28 bits per heavy atom. The maximum Gasteiger partial charge on any atom is 0.573 e. The predicted octanol–water partition coefficient (Wildman–Crippen LogP) is 2.69. The summed E-state index contributed by atoms with van der Waals surface area (Å²) >= 11 is 0. The summed E-state index contributed by atoms with van der Waals surface area (Å²) in [7, 11) is -1.43. The Hall–Kier alpha value is -3.85. The molecule has 3 aromatic rings. The molecule has 1 atom stereocenters. The van der Waals surface area contributed by atoms with Gasteiger partial charge in [-0.3, -0.25) is 14.2 Å². The highest BCUT2D eigenvalue weighted by Crippen LogP contribution is 2.28. The fourth-order valence-electron chi connectivity index (χ4n) is 4.11. The van der Waals surface area contributed by atoms with E-state index in [0.29, 0.717) is 10.9 Å². The van der Waals surface area contributed by atoms with Crippen LogP contribution in [-0.2, 0) is 19.1 Å². The first-order valence-electron chi connectivity index (χ1n) is 11.6. The number of hydrogen-bond donors (Lipinski definition) is 2. The number of rotatable bonds is 6. The monoisotopic (exact) mass is 572 g/mol. The van der Waals surface area contributed by atoms with Gasteiger partial charge in [-0.05, 0) is 36.4 Å². The van der Waals surface area contributed by atoms with E-state index in [9.17, 15) is 41.0 Å². The normalized spacial score (nSPS) is 14.8. The van der Waals surface area contributed by atoms with E-state index in [0.717, 1.165) is 28.8 Å². The topological polar surface area (TPSA) is 96.7 Å². The lowest BCUT2D eigenvalue weighted by atomic mass is 10.1. The van der Waals surface area contributed by atoms with Gasteiger partial charge in [0.15, 0.2) is 15.6 Å². The molecule has 1 aliphatic rings. The third-order valence-electron chi connectivity index (χ3n) is 5.99. The zero-order valence-electron chi connectivity index (χ0n) is 20.3. The number of aliphatic hydroxyl groups excluding tert-OH is 1. The van der Waals surface area contributed by atoms with E-state index in [4.69, 9.17) is 0 Å². The Bertz CT molecular complexity index is 1410. The van der Waals surface area contributed by atoms with Crippen LogP contribution in [0.4, 0.5) is 32.3 Å². The van der Waals surface area contributed by atoms with Crippen molar-refractivity contribution >= 4 is 26.7 Å². The SMILES string of the molecule is CC(O)n1c(N[SiH2]c2ccc(C(F)(F)F)cc2)nc2c(c1=O)CN(C(=O)c1ccc(OC(F)(F)F)cc1)CC2. The van der Waals surface area contributed by atoms with E-state index in [1.807, 2.05) is 0 Å². The standard InChI is InChI=1S/C24H22F6N4O4Si/c1-13(35)34-21(37)18-12-33(20(36)14-2-6-16(7-3-14)38-24(28,29)30)11-10-19(18)31-22(34)32-39-17-8-4-15(5-9-17)23(25,26)27/h2-9,13,35H,10-12,39H2,1H3,(H,31,32). The highest BCUT2D eigenvalue weighted by atomic mass is 28.2. The number of amides is 1. The predicted molar refractivity (Wildman–Crippen MR) is 130 cm³/mol. The first-order chi connectivity index (χ1) is 18.2. The summed E-state index contributed by atoms with van der Waals surface area (Å²) in [6.07, 6.45) is -10.4. The fourth-order valence-corrected chi connectivity index (χ4v) is 5.19. The molecule has 8 nitrogen and oxygen atoms in total. The van der Waals surface area contributed by atoms with Gasteiger partial charge in [-0.1, -0.05) is 24.3 Å². The smallest absolute Gasteiger partial charge is 0.406 e. The van der Waals surface area contributed by atoms with Crippen LogP contribution in [0.1, 0.15) is 40.3 Å². The lowest BCUT2D eigenvalue weighted by molar-refractivity contribution is -0.274. The summed E-state index contributed by atoms with van der Waals surface area (Å²) in [5.74, 6) is -0.925. The molecule has 0 saturated heterocycles. The molecule has 0 aliphatic carbocycles. The molecule has 2 heterocycles. The van der Waals surface area contributed by atoms with Gasteiger partial charge in [0.05, 0.1) is 23.4 Å². The van der Waals surface area contributed by atoms with Gasteiger partial charge < -0.3 is 19.7 Å². The van der Waals surface area contributed by atoms with Gasteiger partial charge in [-0.2, -0.15) is 13.2 Å². The van der Waals surface area contributed by atoms with Crippen LogP contribution in [0.3, 0.4) is 0 Å². The molecule has 15 heteroatoms. The fraction of sp³-hybridized carbons (Fsp3) is 0.292. The van der Waals surface area contributed by atoms with Crippen molar-refractivity contribution in [3.8, 4) is 5.75 Å². The van der Waals surface area contributed by atoms with Crippen LogP contribution in [0.5, 0.6) is 5.75 Å². The van der Waals surface area contributed by atoms with Gasteiger partial charge in [0.2, 0.25) is 0 Å². The van der Waals surface area contributed by atoms with E-state index >= 15 is 0 Å². The zero-order valence-corrected chi connectivity index (χ0v) is 21.7. The number of nitrogens with one attached hydrogen (secondary N) is 1. The summed E-state index contributed by atoms with van der Waals surface area (Å²) in [6.45, 7) is 1.38. The van der Waals surface area contributed by atoms with Crippen LogP contribution >= 0.6 is 0 Å². The number of halogens is 6. The molecule has 1 amide bonds. The van der Waals surface area contributed by atoms with Crippen molar-refractivity contribution in [2.45, 2.75) is 38.7 Å². The van der Waals surface area contributed by atoms with Crippen LogP contribution in [-0.4, -0.2) is 48.1 Å². The molecule has 0 saturated carbocycles. The number of nitrogens with zero attached hydrogens (tertiary/aromatic N) is 3. The molecule has 0 radical (unpaired) electrons. The molecule has 1 aliphatic heterocycles. The molecule has 39 heavy (non-hydrogen) atoms. The van der Waals surface area contributed by atoms with Crippen LogP contribution in [0.15, 0.2) is 53.3 Å². The van der Waals surface area contributed by atoms with Crippen LogP contribution < -0.4 is 20.5 Å². The van der Waals surface area contributed by atoms with Crippen molar-refractivity contribution in [1.82, 2.24) is 14.5 Å². The Labute approximate surface area is 219 Å². The molecule has 0 spiro atoms. The molecule has 1 aromatic heterocycles. The molecule has 208 valence electrons. The number of alkyl halides is 6. The summed E-state index contributed by atoms with van der Waals surface area (Å²) in [5, 5.41) is 10.9. The average molecular weight is 573 g/mol. The lowest BCUT2D eigenvalue weighted by Crippen LogP contribution is -2.42. The van der Waals surface area contributed by atoms with Gasteiger partial charge in [0.1, 0.15) is 12.0 Å². The number of fused-ring (bicyclic) bond motifs is 1. The number of benzene rings is 2. The number of aromatic nitrogens is 2. The summed E-state index contributed by atoms with van der Waals surface area (Å²) in [6, 6.07) is 9.02. The van der Waals surface area contributed by atoms with Crippen molar-refractivity contribution in [3.63, 3.8) is 0 Å². The van der Waals surface area contributed by atoms with Crippen molar-refractivity contribution < 1.29 is 41.0 Å². The second-order valence-electron chi connectivity index (χ2n) is 8.76. The zero-order chi connectivity index (χ0) is 28.5. The Kier molecular flexibility index (Phi) is 7.74. The maximum atomic E-state index is 13.3. The molecular formula is C24H22F6N4O4Si. The highest BCUT2D eigenvalue weighted by Gasteiger charge is 2.32. The number of ether oxygens (including phenoxy) is 1. The lowest BCUT2D eigenvalue weighted by Gasteiger charge is -2.29. The molecule has 0 bridgehead atoms. The van der Waals surface area contributed by atoms with Crippen LogP contribution in [0.2, 0.25) is 0 Å². The quantitative estimate of drug-likeness (QED) is 0.349.